The summed E-state index contributed by atoms with van der Waals surface area (Å²) in [5, 5.41) is 11.6. The molecule has 0 saturated heterocycles. The molecule has 0 heterocycles. The van der Waals surface area contributed by atoms with Crippen LogP contribution in [0, 0.1) is 29.3 Å². The number of anilines is 1. The second-order valence-corrected chi connectivity index (χ2v) is 5.72. The number of nitrogens with one attached hydrogen (secondary N) is 3. The highest BCUT2D eigenvalue weighted by Crippen LogP contribution is 2.16. The minimum absolute atomic E-state index is 0.0348. The minimum Gasteiger partial charge on any atom is -0.396 e. The molecule has 0 aliphatic carbocycles. The number of benzene rings is 1. The first-order chi connectivity index (χ1) is 10.8. The Morgan fingerprint density at radius 1 is 1.22 bits per heavy atom. The van der Waals surface area contributed by atoms with Crippen LogP contribution in [0.2, 0.25) is 0 Å². The molecule has 23 heavy (non-hydrogen) atoms. The fourth-order valence-electron chi connectivity index (χ4n) is 2.19. The van der Waals surface area contributed by atoms with Gasteiger partial charge in [0.15, 0.2) is 17.5 Å². The van der Waals surface area contributed by atoms with Crippen LogP contribution in [0.15, 0.2) is 12.1 Å². The molecule has 0 saturated carbocycles. The summed E-state index contributed by atoms with van der Waals surface area (Å²) in [4.78, 5) is 11.6. The first-order valence-corrected chi connectivity index (χ1v) is 7.38. The molecular formula is C15H22F3N3O2. The van der Waals surface area contributed by atoms with Gasteiger partial charge in [-0.3, -0.25) is 10.9 Å². The quantitative estimate of drug-likeness (QED) is 0.437. The molecule has 4 N–H and O–H groups in total. The van der Waals surface area contributed by atoms with Crippen molar-refractivity contribution in [1.82, 2.24) is 10.7 Å². The predicted octanol–water partition coefficient (Wildman–Crippen LogP) is 2.77. The van der Waals surface area contributed by atoms with Gasteiger partial charge in [-0.05, 0) is 24.7 Å². The van der Waals surface area contributed by atoms with Crippen LogP contribution in [-0.4, -0.2) is 24.3 Å². The summed E-state index contributed by atoms with van der Waals surface area (Å²) < 4.78 is 38.8. The lowest BCUT2D eigenvalue weighted by Gasteiger charge is -2.19. The first kappa shape index (κ1) is 19.1. The third-order valence-corrected chi connectivity index (χ3v) is 3.20. The van der Waals surface area contributed by atoms with Gasteiger partial charge in [0.05, 0.1) is 5.69 Å². The molecule has 1 unspecified atom stereocenters. The van der Waals surface area contributed by atoms with Crippen LogP contribution in [-0.2, 0) is 0 Å². The molecule has 0 fully saturated rings. The molecule has 0 bridgehead atoms. The van der Waals surface area contributed by atoms with E-state index >= 15 is 0 Å². The molecular weight excluding hydrogens is 311 g/mol. The normalized spacial score (nSPS) is 12.1. The van der Waals surface area contributed by atoms with Crippen LogP contribution in [0.25, 0.3) is 0 Å². The lowest BCUT2D eigenvalue weighted by Crippen LogP contribution is -2.41. The summed E-state index contributed by atoms with van der Waals surface area (Å²) in [6, 6.07) is 0.861. The lowest BCUT2D eigenvalue weighted by molar-refractivity contribution is 0.226. The van der Waals surface area contributed by atoms with Gasteiger partial charge in [0, 0.05) is 25.3 Å². The Balaban J connectivity index is 2.44. The molecule has 0 aliphatic rings. The Morgan fingerprint density at radius 2 is 1.83 bits per heavy atom. The van der Waals surface area contributed by atoms with Crippen molar-refractivity contribution in [2.75, 3.05) is 18.6 Å². The number of amides is 2. The molecule has 1 aromatic rings. The van der Waals surface area contributed by atoms with E-state index in [1.807, 2.05) is 13.8 Å². The van der Waals surface area contributed by atoms with Gasteiger partial charge in [-0.1, -0.05) is 13.8 Å². The zero-order valence-electron chi connectivity index (χ0n) is 13.1. The summed E-state index contributed by atoms with van der Waals surface area (Å²) in [5.74, 6) is -3.71. The predicted molar refractivity (Wildman–Crippen MR) is 81.1 cm³/mol. The SMILES string of the molecule is CC(C)CC(CCO)CNC(=O)NNc1cc(F)c(F)c(F)c1. The van der Waals surface area contributed by atoms with Crippen molar-refractivity contribution in [2.45, 2.75) is 26.7 Å². The van der Waals surface area contributed by atoms with Gasteiger partial charge in [0.1, 0.15) is 0 Å². The summed E-state index contributed by atoms with van der Waals surface area (Å²) in [6.45, 7) is 4.48. The third kappa shape index (κ3) is 6.77. The maximum atomic E-state index is 13.0. The van der Waals surface area contributed by atoms with Gasteiger partial charge in [-0.2, -0.15) is 0 Å². The molecule has 1 rings (SSSR count). The van der Waals surface area contributed by atoms with Crippen LogP contribution in [0.1, 0.15) is 26.7 Å². The smallest absolute Gasteiger partial charge is 0.333 e. The molecule has 2 amide bonds. The average Bonchev–Trinajstić information content (AvgIpc) is 2.47. The van der Waals surface area contributed by atoms with Crippen LogP contribution in [0.4, 0.5) is 23.7 Å². The Bertz CT molecular complexity index is 504. The zero-order chi connectivity index (χ0) is 17.4. The minimum atomic E-state index is -1.57. The Kier molecular flexibility index (Phi) is 7.67. The van der Waals surface area contributed by atoms with E-state index in [-0.39, 0.29) is 18.2 Å². The van der Waals surface area contributed by atoms with Crippen LogP contribution < -0.4 is 16.2 Å². The average molecular weight is 333 g/mol. The number of hydrogen-bond acceptors (Lipinski definition) is 3. The van der Waals surface area contributed by atoms with Crippen molar-refractivity contribution in [3.05, 3.63) is 29.6 Å². The fraction of sp³-hybridized carbons (Fsp3) is 0.533. The molecule has 130 valence electrons. The van der Waals surface area contributed by atoms with Crippen molar-refractivity contribution in [2.24, 2.45) is 11.8 Å². The highest BCUT2D eigenvalue weighted by molar-refractivity contribution is 5.75. The number of halogens is 3. The van der Waals surface area contributed by atoms with Gasteiger partial charge in [0.2, 0.25) is 0 Å². The second kappa shape index (κ2) is 9.24. The molecule has 0 aromatic heterocycles. The summed E-state index contributed by atoms with van der Waals surface area (Å²) >= 11 is 0. The van der Waals surface area contributed by atoms with Gasteiger partial charge < -0.3 is 10.4 Å². The summed E-state index contributed by atoms with van der Waals surface area (Å²) in [6.07, 6.45) is 1.42. The van der Waals surface area contributed by atoms with Crippen molar-refractivity contribution in [3.8, 4) is 0 Å². The lowest BCUT2D eigenvalue weighted by atomic mass is 9.94. The van der Waals surface area contributed by atoms with E-state index in [2.05, 4.69) is 16.2 Å². The topological polar surface area (TPSA) is 73.4 Å². The van der Waals surface area contributed by atoms with Crippen molar-refractivity contribution >= 4 is 11.7 Å². The standard InChI is InChI=1S/C15H22F3N3O2/c1-9(2)5-10(3-4-22)8-19-15(23)21-20-11-6-12(16)14(18)13(17)7-11/h6-7,9-10,20,22H,3-5,8H2,1-2H3,(H2,19,21,23). The number of hydrazine groups is 1. The zero-order valence-corrected chi connectivity index (χ0v) is 13.1. The van der Waals surface area contributed by atoms with Crippen LogP contribution >= 0.6 is 0 Å². The molecule has 0 spiro atoms. The van der Waals surface area contributed by atoms with Crippen molar-refractivity contribution in [3.63, 3.8) is 0 Å². The number of urea groups is 1. The highest BCUT2D eigenvalue weighted by Gasteiger charge is 2.13. The van der Waals surface area contributed by atoms with Crippen molar-refractivity contribution in [1.29, 1.82) is 0 Å². The summed E-state index contributed by atoms with van der Waals surface area (Å²) in [5.41, 5.74) is 4.38. The number of hydrogen-bond donors (Lipinski definition) is 4. The molecule has 1 atom stereocenters. The molecule has 1 aromatic carbocycles. The number of carbonyl (C=O) groups is 1. The maximum Gasteiger partial charge on any atom is 0.333 e. The fourth-order valence-corrected chi connectivity index (χ4v) is 2.19. The van der Waals surface area contributed by atoms with Crippen molar-refractivity contribution < 1.29 is 23.1 Å². The van der Waals surface area contributed by atoms with Crippen LogP contribution in [0.5, 0.6) is 0 Å². The van der Waals surface area contributed by atoms with Gasteiger partial charge in [-0.25, -0.2) is 18.0 Å². The third-order valence-electron chi connectivity index (χ3n) is 3.20. The molecule has 0 aliphatic heterocycles. The molecule has 0 radical (unpaired) electrons. The van der Waals surface area contributed by atoms with E-state index in [0.717, 1.165) is 18.6 Å². The van der Waals surface area contributed by atoms with E-state index in [1.54, 1.807) is 0 Å². The van der Waals surface area contributed by atoms with Gasteiger partial charge in [-0.15, -0.1) is 0 Å². The molecule has 5 nitrogen and oxygen atoms in total. The maximum absolute atomic E-state index is 13.0. The number of aliphatic hydroxyl groups is 1. The largest absolute Gasteiger partial charge is 0.396 e. The van der Waals surface area contributed by atoms with E-state index in [4.69, 9.17) is 5.11 Å². The number of aliphatic hydroxyl groups excluding tert-OH is 1. The molecule has 8 heteroatoms. The Labute approximate surface area is 133 Å². The summed E-state index contributed by atoms with van der Waals surface area (Å²) in [7, 11) is 0. The van der Waals surface area contributed by atoms with Gasteiger partial charge in [0.25, 0.3) is 0 Å². The van der Waals surface area contributed by atoms with E-state index in [1.165, 1.54) is 0 Å². The van der Waals surface area contributed by atoms with E-state index in [0.29, 0.717) is 18.9 Å². The Hall–Kier alpha value is -1.96. The number of rotatable bonds is 8. The monoisotopic (exact) mass is 333 g/mol. The highest BCUT2D eigenvalue weighted by atomic mass is 19.2. The van der Waals surface area contributed by atoms with Crippen LogP contribution in [0.3, 0.4) is 0 Å². The first-order valence-electron chi connectivity index (χ1n) is 7.38. The van der Waals surface area contributed by atoms with E-state index in [9.17, 15) is 18.0 Å². The van der Waals surface area contributed by atoms with E-state index < -0.39 is 23.5 Å². The number of carbonyl (C=O) groups excluding carboxylic acids is 1. The Morgan fingerprint density at radius 3 is 2.35 bits per heavy atom. The second-order valence-electron chi connectivity index (χ2n) is 5.72. The van der Waals surface area contributed by atoms with Gasteiger partial charge >= 0.3 is 6.03 Å².